The van der Waals surface area contributed by atoms with Crippen LogP contribution in [0.3, 0.4) is 0 Å². The summed E-state index contributed by atoms with van der Waals surface area (Å²) in [5, 5.41) is -0.455. The van der Waals surface area contributed by atoms with Crippen LogP contribution in [0.4, 0.5) is 8.78 Å². The van der Waals surface area contributed by atoms with E-state index >= 15 is 0 Å². The van der Waals surface area contributed by atoms with Crippen molar-refractivity contribution in [2.24, 2.45) is 5.41 Å². The van der Waals surface area contributed by atoms with Gasteiger partial charge in [-0.05, 0) is 11.5 Å². The van der Waals surface area contributed by atoms with Crippen molar-refractivity contribution in [2.75, 3.05) is 0 Å². The Morgan fingerprint density at radius 3 is 2.21 bits per heavy atom. The Morgan fingerprint density at radius 2 is 1.79 bits per heavy atom. The fourth-order valence-corrected chi connectivity index (χ4v) is 1.35. The fraction of sp³-hybridized carbons (Fsp3) is 0.455. The van der Waals surface area contributed by atoms with E-state index in [0.29, 0.717) is 5.56 Å². The first-order valence-electron chi connectivity index (χ1n) is 4.41. The van der Waals surface area contributed by atoms with Gasteiger partial charge in [-0.2, -0.15) is 0 Å². The lowest BCUT2D eigenvalue weighted by Gasteiger charge is -2.25. The first-order valence-corrected chi connectivity index (χ1v) is 4.85. The minimum Gasteiger partial charge on any atom is -0.207 e. The molecule has 0 fully saturated rings. The number of halogens is 3. The Hall–Kier alpha value is -0.630. The molecule has 3 heteroatoms. The van der Waals surface area contributed by atoms with E-state index < -0.39 is 17.0 Å². The highest BCUT2D eigenvalue weighted by Crippen LogP contribution is 2.39. The topological polar surface area (TPSA) is 0 Å². The summed E-state index contributed by atoms with van der Waals surface area (Å²) < 4.78 is 25.9. The second kappa shape index (κ2) is 3.85. The molecule has 0 heterocycles. The minimum absolute atomic E-state index is 0.250. The Balaban J connectivity index is 3.08. The summed E-state index contributed by atoms with van der Waals surface area (Å²) in [5.74, 6) is -1.16. The summed E-state index contributed by atoms with van der Waals surface area (Å²) in [6.07, 6.45) is 0. The van der Waals surface area contributed by atoms with E-state index in [0.717, 1.165) is 6.07 Å². The van der Waals surface area contributed by atoms with Gasteiger partial charge in [-0.25, -0.2) is 8.78 Å². The van der Waals surface area contributed by atoms with Gasteiger partial charge in [0.25, 0.3) is 0 Å². The minimum atomic E-state index is -0.583. The number of rotatable bonds is 1. The van der Waals surface area contributed by atoms with Crippen LogP contribution in [0.1, 0.15) is 31.7 Å². The van der Waals surface area contributed by atoms with Crippen molar-refractivity contribution in [1.29, 1.82) is 0 Å². The predicted octanol–water partition coefficient (Wildman–Crippen LogP) is 4.29. The number of hydrogen-bond donors (Lipinski definition) is 0. The van der Waals surface area contributed by atoms with Crippen LogP contribution in [-0.4, -0.2) is 0 Å². The average Bonchev–Trinajstić information content (AvgIpc) is 2.01. The Kier molecular flexibility index (Phi) is 3.15. The second-order valence-corrected chi connectivity index (χ2v) is 4.83. The molecule has 0 spiro atoms. The van der Waals surface area contributed by atoms with Crippen molar-refractivity contribution in [3.63, 3.8) is 0 Å². The predicted molar refractivity (Wildman–Crippen MR) is 54.4 cm³/mol. The first kappa shape index (κ1) is 11.4. The molecular formula is C11H13ClF2. The molecule has 1 aromatic carbocycles. The van der Waals surface area contributed by atoms with Gasteiger partial charge in [-0.1, -0.05) is 26.8 Å². The highest BCUT2D eigenvalue weighted by molar-refractivity contribution is 6.21. The molecule has 0 aromatic heterocycles. The summed E-state index contributed by atoms with van der Waals surface area (Å²) in [7, 11) is 0. The molecular weight excluding hydrogens is 206 g/mol. The van der Waals surface area contributed by atoms with E-state index in [1.807, 2.05) is 20.8 Å². The van der Waals surface area contributed by atoms with Gasteiger partial charge in [0.2, 0.25) is 0 Å². The zero-order valence-electron chi connectivity index (χ0n) is 8.44. The Morgan fingerprint density at radius 1 is 1.21 bits per heavy atom. The SMILES string of the molecule is CC(C)(C)C(Cl)c1ccc(F)cc1F. The molecule has 0 radical (unpaired) electrons. The van der Waals surface area contributed by atoms with E-state index in [1.54, 1.807) is 0 Å². The van der Waals surface area contributed by atoms with E-state index in [-0.39, 0.29) is 5.41 Å². The molecule has 0 bridgehead atoms. The monoisotopic (exact) mass is 218 g/mol. The average molecular weight is 219 g/mol. The molecule has 78 valence electrons. The van der Waals surface area contributed by atoms with Gasteiger partial charge >= 0.3 is 0 Å². The molecule has 0 nitrogen and oxygen atoms in total. The third-order valence-corrected chi connectivity index (χ3v) is 2.89. The van der Waals surface area contributed by atoms with Crippen LogP contribution in [0.2, 0.25) is 0 Å². The van der Waals surface area contributed by atoms with Crippen LogP contribution < -0.4 is 0 Å². The van der Waals surface area contributed by atoms with E-state index in [1.165, 1.54) is 12.1 Å². The number of hydrogen-bond acceptors (Lipinski definition) is 0. The smallest absolute Gasteiger partial charge is 0.130 e. The van der Waals surface area contributed by atoms with Gasteiger partial charge in [0.05, 0.1) is 5.38 Å². The van der Waals surface area contributed by atoms with Gasteiger partial charge in [0, 0.05) is 11.6 Å². The van der Waals surface area contributed by atoms with Crippen molar-refractivity contribution in [1.82, 2.24) is 0 Å². The molecule has 1 aromatic rings. The maximum absolute atomic E-state index is 13.3. The van der Waals surface area contributed by atoms with E-state index in [2.05, 4.69) is 0 Å². The van der Waals surface area contributed by atoms with Crippen LogP contribution in [0, 0.1) is 17.0 Å². The van der Waals surface area contributed by atoms with Crippen LogP contribution in [-0.2, 0) is 0 Å². The van der Waals surface area contributed by atoms with Crippen LogP contribution in [0.25, 0.3) is 0 Å². The maximum atomic E-state index is 13.3. The van der Waals surface area contributed by atoms with E-state index in [4.69, 9.17) is 11.6 Å². The van der Waals surface area contributed by atoms with Crippen molar-refractivity contribution < 1.29 is 8.78 Å². The van der Waals surface area contributed by atoms with E-state index in [9.17, 15) is 8.78 Å². The summed E-state index contributed by atoms with van der Waals surface area (Å²) in [5.41, 5.74) is 0.0980. The molecule has 0 amide bonds. The van der Waals surface area contributed by atoms with Gasteiger partial charge in [-0.15, -0.1) is 11.6 Å². The zero-order valence-corrected chi connectivity index (χ0v) is 9.20. The van der Waals surface area contributed by atoms with Crippen molar-refractivity contribution in [3.05, 3.63) is 35.4 Å². The lowest BCUT2D eigenvalue weighted by Crippen LogP contribution is -2.14. The number of benzene rings is 1. The molecule has 1 rings (SSSR count). The highest BCUT2D eigenvalue weighted by atomic mass is 35.5. The lowest BCUT2D eigenvalue weighted by atomic mass is 9.87. The fourth-order valence-electron chi connectivity index (χ4n) is 1.17. The second-order valence-electron chi connectivity index (χ2n) is 4.39. The summed E-state index contributed by atoms with van der Waals surface area (Å²) in [6.45, 7) is 5.73. The summed E-state index contributed by atoms with van der Waals surface area (Å²) >= 11 is 6.08. The Labute approximate surface area is 87.9 Å². The summed E-state index contributed by atoms with van der Waals surface area (Å²) in [6, 6.07) is 3.48. The molecule has 0 aliphatic carbocycles. The zero-order chi connectivity index (χ0) is 10.9. The van der Waals surface area contributed by atoms with Gasteiger partial charge in [0.1, 0.15) is 11.6 Å². The van der Waals surface area contributed by atoms with Gasteiger partial charge in [0.15, 0.2) is 0 Å². The normalized spacial score (nSPS) is 14.1. The number of alkyl halides is 1. The summed E-state index contributed by atoms with van der Waals surface area (Å²) in [4.78, 5) is 0. The van der Waals surface area contributed by atoms with Crippen molar-refractivity contribution in [3.8, 4) is 0 Å². The molecule has 0 N–H and O–H groups in total. The van der Waals surface area contributed by atoms with Crippen LogP contribution >= 0.6 is 11.6 Å². The van der Waals surface area contributed by atoms with Crippen LogP contribution in [0.5, 0.6) is 0 Å². The third-order valence-electron chi connectivity index (χ3n) is 2.00. The molecule has 0 saturated heterocycles. The van der Waals surface area contributed by atoms with Gasteiger partial charge < -0.3 is 0 Å². The largest absolute Gasteiger partial charge is 0.207 e. The molecule has 0 saturated carbocycles. The quantitative estimate of drug-likeness (QED) is 0.617. The van der Waals surface area contributed by atoms with Crippen LogP contribution in [0.15, 0.2) is 18.2 Å². The molecule has 1 atom stereocenters. The molecule has 14 heavy (non-hydrogen) atoms. The maximum Gasteiger partial charge on any atom is 0.130 e. The lowest BCUT2D eigenvalue weighted by molar-refractivity contribution is 0.386. The van der Waals surface area contributed by atoms with Crippen molar-refractivity contribution in [2.45, 2.75) is 26.1 Å². The molecule has 0 aliphatic rings. The molecule has 0 aliphatic heterocycles. The highest BCUT2D eigenvalue weighted by Gasteiger charge is 2.26. The standard InChI is InChI=1S/C11H13ClF2/c1-11(2,3)10(12)8-5-4-7(13)6-9(8)14/h4-6,10H,1-3H3. The third kappa shape index (κ3) is 2.44. The Bertz CT molecular complexity index is 329. The van der Waals surface area contributed by atoms with Crippen molar-refractivity contribution >= 4 is 11.6 Å². The first-order chi connectivity index (χ1) is 6.32. The van der Waals surface area contributed by atoms with Gasteiger partial charge in [-0.3, -0.25) is 0 Å². The molecule has 1 unspecified atom stereocenters.